The summed E-state index contributed by atoms with van der Waals surface area (Å²) >= 11 is 15.4. The van der Waals surface area contributed by atoms with Crippen molar-refractivity contribution in [3.05, 3.63) is 50.7 Å². The highest BCUT2D eigenvalue weighted by Gasteiger charge is 2.15. The molecule has 7 heteroatoms. The third kappa shape index (κ3) is 2.16. The highest BCUT2D eigenvalue weighted by Crippen LogP contribution is 2.32. The average Bonchev–Trinajstić information content (AvgIpc) is 2.69. The normalized spacial score (nSPS) is 11.2. The van der Waals surface area contributed by atoms with E-state index >= 15 is 0 Å². The first kappa shape index (κ1) is 13.7. The molecule has 0 radical (unpaired) electrons. The first-order valence-corrected chi connectivity index (χ1v) is 7.10. The SMILES string of the molecule is Nc1nc2cc(F)c(Cl)cc2n1-c1cc(Br)ccc1Cl. The van der Waals surface area contributed by atoms with Crippen LogP contribution in [0.2, 0.25) is 10.0 Å². The van der Waals surface area contributed by atoms with Gasteiger partial charge in [-0.25, -0.2) is 9.37 Å². The Kier molecular flexibility index (Phi) is 3.36. The molecule has 0 saturated carbocycles. The molecule has 1 heterocycles. The van der Waals surface area contributed by atoms with Crippen molar-refractivity contribution in [2.24, 2.45) is 0 Å². The van der Waals surface area contributed by atoms with Crippen LogP contribution in [-0.4, -0.2) is 9.55 Å². The van der Waals surface area contributed by atoms with Gasteiger partial charge in [-0.3, -0.25) is 4.57 Å². The molecule has 0 saturated heterocycles. The summed E-state index contributed by atoms with van der Waals surface area (Å²) in [7, 11) is 0. The molecule has 0 atom stereocenters. The minimum absolute atomic E-state index is 0.00442. The van der Waals surface area contributed by atoms with Gasteiger partial charge in [0.1, 0.15) is 5.82 Å². The zero-order valence-corrected chi connectivity index (χ0v) is 13.0. The van der Waals surface area contributed by atoms with Crippen LogP contribution in [0.3, 0.4) is 0 Å². The van der Waals surface area contributed by atoms with Gasteiger partial charge in [0.15, 0.2) is 0 Å². The van der Waals surface area contributed by atoms with Crippen LogP contribution in [0.25, 0.3) is 16.7 Å². The molecule has 3 nitrogen and oxygen atoms in total. The van der Waals surface area contributed by atoms with E-state index in [4.69, 9.17) is 28.9 Å². The Hall–Kier alpha value is -1.30. The van der Waals surface area contributed by atoms with Crippen LogP contribution in [0, 0.1) is 5.82 Å². The fourth-order valence-electron chi connectivity index (χ4n) is 2.00. The Morgan fingerprint density at radius 1 is 1.15 bits per heavy atom. The number of hydrogen-bond donors (Lipinski definition) is 1. The third-order valence-electron chi connectivity index (χ3n) is 2.87. The van der Waals surface area contributed by atoms with Crippen LogP contribution in [0.1, 0.15) is 0 Å². The minimum atomic E-state index is -0.538. The predicted octanol–water partition coefficient (Wildman–Crippen LogP) is 4.82. The van der Waals surface area contributed by atoms with Gasteiger partial charge in [0.25, 0.3) is 0 Å². The van der Waals surface area contributed by atoms with Gasteiger partial charge in [0, 0.05) is 10.5 Å². The first-order valence-electron chi connectivity index (χ1n) is 5.56. The van der Waals surface area contributed by atoms with Crippen molar-refractivity contribution in [3.8, 4) is 5.69 Å². The summed E-state index contributed by atoms with van der Waals surface area (Å²) in [5, 5.41) is 0.504. The molecule has 0 aliphatic carbocycles. The summed E-state index contributed by atoms with van der Waals surface area (Å²) in [4.78, 5) is 4.13. The van der Waals surface area contributed by atoms with Gasteiger partial charge in [-0.1, -0.05) is 39.1 Å². The number of halogens is 4. The predicted molar refractivity (Wildman–Crippen MR) is 83.2 cm³/mol. The number of hydrogen-bond acceptors (Lipinski definition) is 2. The summed E-state index contributed by atoms with van der Waals surface area (Å²) in [6, 6.07) is 8.07. The fourth-order valence-corrected chi connectivity index (χ4v) is 2.71. The maximum atomic E-state index is 13.5. The van der Waals surface area contributed by atoms with Crippen molar-refractivity contribution >= 4 is 56.1 Å². The van der Waals surface area contributed by atoms with E-state index < -0.39 is 5.82 Å². The Morgan fingerprint density at radius 3 is 2.65 bits per heavy atom. The molecule has 102 valence electrons. The molecule has 0 aliphatic heterocycles. The number of anilines is 1. The molecule has 0 aliphatic rings. The van der Waals surface area contributed by atoms with E-state index in [9.17, 15) is 4.39 Å². The molecule has 1 aromatic heterocycles. The summed E-state index contributed by atoms with van der Waals surface area (Å²) in [5.41, 5.74) is 7.57. The smallest absolute Gasteiger partial charge is 0.205 e. The summed E-state index contributed by atoms with van der Waals surface area (Å²) in [5.74, 6) is -0.328. The largest absolute Gasteiger partial charge is 0.369 e. The molecule has 2 aromatic carbocycles. The van der Waals surface area contributed by atoms with Gasteiger partial charge >= 0.3 is 0 Å². The van der Waals surface area contributed by atoms with Crippen molar-refractivity contribution in [1.82, 2.24) is 9.55 Å². The van der Waals surface area contributed by atoms with Gasteiger partial charge in [-0.05, 0) is 24.3 Å². The molecule has 0 unspecified atom stereocenters. The number of benzene rings is 2. The highest BCUT2D eigenvalue weighted by atomic mass is 79.9. The van der Waals surface area contributed by atoms with E-state index in [1.54, 1.807) is 16.7 Å². The number of nitrogens with zero attached hydrogens (tertiary/aromatic N) is 2. The van der Waals surface area contributed by atoms with Crippen LogP contribution >= 0.6 is 39.1 Å². The lowest BCUT2D eigenvalue weighted by molar-refractivity contribution is 0.630. The molecule has 3 aromatic rings. The number of fused-ring (bicyclic) bond motifs is 1. The maximum absolute atomic E-state index is 13.5. The average molecular weight is 375 g/mol. The lowest BCUT2D eigenvalue weighted by Gasteiger charge is -2.09. The Bertz CT molecular complexity index is 832. The first-order chi connectivity index (χ1) is 9.47. The molecule has 0 spiro atoms. The van der Waals surface area contributed by atoms with Gasteiger partial charge in [0.2, 0.25) is 5.95 Å². The monoisotopic (exact) mass is 373 g/mol. The van der Waals surface area contributed by atoms with Gasteiger partial charge < -0.3 is 5.73 Å². The van der Waals surface area contributed by atoms with E-state index in [-0.39, 0.29) is 11.0 Å². The topological polar surface area (TPSA) is 43.8 Å². The second kappa shape index (κ2) is 4.91. The van der Waals surface area contributed by atoms with E-state index in [0.29, 0.717) is 21.7 Å². The number of nitrogen functional groups attached to an aromatic ring is 1. The third-order valence-corrected chi connectivity index (χ3v) is 3.97. The number of aromatic nitrogens is 2. The highest BCUT2D eigenvalue weighted by molar-refractivity contribution is 9.10. The number of nitrogens with two attached hydrogens (primary N) is 1. The van der Waals surface area contributed by atoms with Crippen LogP contribution in [-0.2, 0) is 0 Å². The molecular formula is C13H7BrCl2FN3. The fraction of sp³-hybridized carbons (Fsp3) is 0. The van der Waals surface area contributed by atoms with Crippen molar-refractivity contribution < 1.29 is 4.39 Å². The van der Waals surface area contributed by atoms with Crippen molar-refractivity contribution in [2.45, 2.75) is 0 Å². The van der Waals surface area contributed by atoms with E-state index in [2.05, 4.69) is 20.9 Å². The maximum Gasteiger partial charge on any atom is 0.205 e. The summed E-state index contributed by atoms with van der Waals surface area (Å²) in [6.45, 7) is 0. The lowest BCUT2D eigenvalue weighted by atomic mass is 10.2. The van der Waals surface area contributed by atoms with E-state index in [1.807, 2.05) is 6.07 Å². The van der Waals surface area contributed by atoms with Crippen molar-refractivity contribution in [3.63, 3.8) is 0 Å². The Labute approximate surface area is 132 Å². The number of imidazole rings is 1. The summed E-state index contributed by atoms with van der Waals surface area (Å²) < 4.78 is 16.0. The zero-order valence-electron chi connectivity index (χ0n) is 9.87. The molecule has 20 heavy (non-hydrogen) atoms. The second-order valence-electron chi connectivity index (χ2n) is 4.16. The lowest BCUT2D eigenvalue weighted by Crippen LogP contribution is -2.01. The quantitative estimate of drug-likeness (QED) is 0.663. The van der Waals surface area contributed by atoms with Gasteiger partial charge in [-0.15, -0.1) is 0 Å². The van der Waals surface area contributed by atoms with Crippen LogP contribution in [0.4, 0.5) is 10.3 Å². The van der Waals surface area contributed by atoms with E-state index in [0.717, 1.165) is 4.47 Å². The van der Waals surface area contributed by atoms with Crippen LogP contribution in [0.15, 0.2) is 34.8 Å². The minimum Gasteiger partial charge on any atom is -0.369 e. The molecule has 0 bridgehead atoms. The summed E-state index contributed by atoms with van der Waals surface area (Å²) in [6.07, 6.45) is 0. The molecule has 0 fully saturated rings. The Morgan fingerprint density at radius 2 is 1.90 bits per heavy atom. The molecule has 0 amide bonds. The Balaban J connectivity index is 2.38. The number of rotatable bonds is 1. The van der Waals surface area contributed by atoms with Crippen molar-refractivity contribution in [2.75, 3.05) is 5.73 Å². The molecule has 2 N–H and O–H groups in total. The second-order valence-corrected chi connectivity index (χ2v) is 5.89. The zero-order chi connectivity index (χ0) is 14.4. The standard InChI is InChI=1S/C13H7BrCl2FN3/c14-6-1-2-7(15)11(3-6)20-12-4-8(16)9(17)5-10(12)19-13(20)18/h1-5H,(H2,18,19). The van der Waals surface area contributed by atoms with Gasteiger partial charge in [-0.2, -0.15) is 0 Å². The van der Waals surface area contributed by atoms with E-state index in [1.165, 1.54) is 12.1 Å². The molecule has 3 rings (SSSR count). The van der Waals surface area contributed by atoms with Crippen LogP contribution in [0.5, 0.6) is 0 Å². The molecular weight excluding hydrogens is 368 g/mol. The van der Waals surface area contributed by atoms with Crippen LogP contribution < -0.4 is 5.73 Å². The van der Waals surface area contributed by atoms with Gasteiger partial charge in [0.05, 0.1) is 26.8 Å². The van der Waals surface area contributed by atoms with Crippen molar-refractivity contribution in [1.29, 1.82) is 0 Å².